The summed E-state index contributed by atoms with van der Waals surface area (Å²) in [5.74, 6) is 0.154. The molecule has 0 aromatic heterocycles. The van der Waals surface area contributed by atoms with Crippen LogP contribution < -0.4 is 15.5 Å². The molecule has 2 heterocycles. The number of carbonyl (C=O) groups excluding carboxylic acids is 2. The van der Waals surface area contributed by atoms with Gasteiger partial charge in [-0.3, -0.25) is 4.79 Å². The monoisotopic (exact) mass is 446 g/mol. The number of hydrogen-bond donors (Lipinski definition) is 2. The topological polar surface area (TPSA) is 73.9 Å². The van der Waals surface area contributed by atoms with E-state index in [1.165, 1.54) is 25.3 Å². The first-order valence-corrected chi connectivity index (χ1v) is 12.0. The number of carbonyl (C=O) groups is 2. The first-order valence-electron chi connectivity index (χ1n) is 12.0. The SMILES string of the molecule is O=C(NCCN1CCc2cc(F)ccc21)[C@H](CC1CCCCC1)NC(=O)N1CCOCC1. The fourth-order valence-corrected chi connectivity index (χ4v) is 5.10. The summed E-state index contributed by atoms with van der Waals surface area (Å²) in [4.78, 5) is 29.7. The molecule has 7 nitrogen and oxygen atoms in total. The van der Waals surface area contributed by atoms with Gasteiger partial charge < -0.3 is 25.2 Å². The maximum absolute atomic E-state index is 13.4. The number of benzene rings is 1. The molecule has 2 fully saturated rings. The van der Waals surface area contributed by atoms with E-state index in [1.54, 1.807) is 11.0 Å². The summed E-state index contributed by atoms with van der Waals surface area (Å²) >= 11 is 0. The zero-order chi connectivity index (χ0) is 22.3. The molecule has 2 aliphatic heterocycles. The lowest BCUT2D eigenvalue weighted by molar-refractivity contribution is -0.123. The van der Waals surface area contributed by atoms with Crippen molar-refractivity contribution in [2.45, 2.75) is 51.0 Å². The van der Waals surface area contributed by atoms with E-state index >= 15 is 0 Å². The molecule has 2 N–H and O–H groups in total. The maximum atomic E-state index is 13.4. The van der Waals surface area contributed by atoms with Crippen LogP contribution in [-0.2, 0) is 16.0 Å². The van der Waals surface area contributed by atoms with E-state index in [4.69, 9.17) is 4.74 Å². The number of anilines is 1. The lowest BCUT2D eigenvalue weighted by atomic mass is 9.84. The van der Waals surface area contributed by atoms with Crippen molar-refractivity contribution in [1.29, 1.82) is 0 Å². The zero-order valence-corrected chi connectivity index (χ0v) is 18.8. The van der Waals surface area contributed by atoms with Crippen LogP contribution in [0, 0.1) is 11.7 Å². The largest absolute Gasteiger partial charge is 0.378 e. The molecule has 1 aromatic rings. The molecule has 3 amide bonds. The Morgan fingerprint density at radius 1 is 1.12 bits per heavy atom. The molecular weight excluding hydrogens is 411 g/mol. The average molecular weight is 447 g/mol. The standard InChI is InChI=1S/C24H35FN4O3/c25-20-6-7-22-19(17-20)8-10-28(22)11-9-26-23(30)21(16-18-4-2-1-3-5-18)27-24(31)29-12-14-32-15-13-29/h6-7,17-18,21H,1-5,8-16H2,(H,26,30)(H,27,31)/t21-/m0/s1. The molecule has 176 valence electrons. The highest BCUT2D eigenvalue weighted by atomic mass is 19.1. The third-order valence-corrected chi connectivity index (χ3v) is 6.92. The number of urea groups is 1. The summed E-state index contributed by atoms with van der Waals surface area (Å²) in [7, 11) is 0. The Kier molecular flexibility index (Phi) is 7.84. The van der Waals surface area contributed by atoms with Gasteiger partial charge >= 0.3 is 6.03 Å². The van der Waals surface area contributed by atoms with Gasteiger partial charge in [0.2, 0.25) is 5.91 Å². The van der Waals surface area contributed by atoms with E-state index in [2.05, 4.69) is 15.5 Å². The average Bonchev–Trinajstić information content (AvgIpc) is 3.21. The Morgan fingerprint density at radius 2 is 1.91 bits per heavy atom. The van der Waals surface area contributed by atoms with E-state index in [9.17, 15) is 14.0 Å². The van der Waals surface area contributed by atoms with Crippen LogP contribution in [0.3, 0.4) is 0 Å². The molecule has 3 aliphatic rings. The summed E-state index contributed by atoms with van der Waals surface area (Å²) in [6, 6.07) is 4.19. The van der Waals surface area contributed by atoms with Gasteiger partial charge in [-0.15, -0.1) is 0 Å². The smallest absolute Gasteiger partial charge is 0.318 e. The normalized spacial score (nSPS) is 20.0. The molecule has 1 atom stereocenters. The first-order chi connectivity index (χ1) is 15.6. The Bertz CT molecular complexity index is 793. The van der Waals surface area contributed by atoms with Crippen LogP contribution in [0.5, 0.6) is 0 Å². The first kappa shape index (κ1) is 22.8. The molecule has 1 saturated carbocycles. The van der Waals surface area contributed by atoms with Gasteiger partial charge in [0, 0.05) is 38.4 Å². The second-order valence-corrected chi connectivity index (χ2v) is 9.14. The van der Waals surface area contributed by atoms with Crippen LogP contribution in [0.4, 0.5) is 14.9 Å². The van der Waals surface area contributed by atoms with Crippen LogP contribution >= 0.6 is 0 Å². The van der Waals surface area contributed by atoms with Crippen LogP contribution in [0.15, 0.2) is 18.2 Å². The van der Waals surface area contributed by atoms with Gasteiger partial charge in [0.1, 0.15) is 11.9 Å². The lowest BCUT2D eigenvalue weighted by Gasteiger charge is -2.31. The summed E-state index contributed by atoms with van der Waals surface area (Å²) in [5, 5.41) is 6.04. The summed E-state index contributed by atoms with van der Waals surface area (Å²) in [5.41, 5.74) is 2.06. The van der Waals surface area contributed by atoms with Gasteiger partial charge in [-0.1, -0.05) is 32.1 Å². The van der Waals surface area contributed by atoms with Gasteiger partial charge in [0.05, 0.1) is 13.2 Å². The molecule has 4 rings (SSSR count). The fourth-order valence-electron chi connectivity index (χ4n) is 5.10. The second-order valence-electron chi connectivity index (χ2n) is 9.14. The van der Waals surface area contributed by atoms with E-state index in [1.807, 2.05) is 6.07 Å². The highest BCUT2D eigenvalue weighted by molar-refractivity contribution is 5.87. The number of ether oxygens (including phenoxy) is 1. The Morgan fingerprint density at radius 3 is 2.69 bits per heavy atom. The molecule has 8 heteroatoms. The fraction of sp³-hybridized carbons (Fsp3) is 0.667. The predicted molar refractivity (Wildman–Crippen MR) is 121 cm³/mol. The molecule has 32 heavy (non-hydrogen) atoms. The zero-order valence-electron chi connectivity index (χ0n) is 18.8. The number of nitrogens with one attached hydrogen (secondary N) is 2. The Hall–Kier alpha value is -2.35. The van der Waals surface area contributed by atoms with Crippen LogP contribution in [0.2, 0.25) is 0 Å². The molecule has 1 saturated heterocycles. The van der Waals surface area contributed by atoms with Gasteiger partial charge in [0.25, 0.3) is 0 Å². The number of hydrogen-bond acceptors (Lipinski definition) is 4. The van der Waals surface area contributed by atoms with Gasteiger partial charge in [-0.25, -0.2) is 9.18 Å². The molecule has 0 spiro atoms. The Balaban J connectivity index is 1.31. The highest BCUT2D eigenvalue weighted by Crippen LogP contribution is 2.29. The van der Waals surface area contributed by atoms with Crippen molar-refractivity contribution in [3.05, 3.63) is 29.6 Å². The number of fused-ring (bicyclic) bond motifs is 1. The van der Waals surface area contributed by atoms with Crippen molar-refractivity contribution in [3.8, 4) is 0 Å². The minimum atomic E-state index is -0.520. The van der Waals surface area contributed by atoms with Crippen molar-refractivity contribution < 1.29 is 18.7 Å². The number of morpholine rings is 1. The summed E-state index contributed by atoms with van der Waals surface area (Å²) in [6.07, 6.45) is 7.41. The lowest BCUT2D eigenvalue weighted by Crippen LogP contribution is -2.54. The van der Waals surface area contributed by atoms with Crippen molar-refractivity contribution >= 4 is 17.6 Å². The van der Waals surface area contributed by atoms with Gasteiger partial charge in [0.15, 0.2) is 0 Å². The van der Waals surface area contributed by atoms with E-state index < -0.39 is 6.04 Å². The predicted octanol–water partition coefficient (Wildman–Crippen LogP) is 2.69. The molecule has 0 bridgehead atoms. The third-order valence-electron chi connectivity index (χ3n) is 6.92. The second kappa shape index (κ2) is 11.0. The minimum Gasteiger partial charge on any atom is -0.378 e. The van der Waals surface area contributed by atoms with Crippen molar-refractivity contribution in [1.82, 2.24) is 15.5 Å². The van der Waals surface area contributed by atoms with E-state index in [-0.39, 0.29) is 17.8 Å². The van der Waals surface area contributed by atoms with Crippen LogP contribution in [0.1, 0.15) is 44.1 Å². The number of amides is 3. The molecule has 1 aliphatic carbocycles. The molecule has 0 radical (unpaired) electrons. The molecule has 0 unspecified atom stereocenters. The number of nitrogens with zero attached hydrogens (tertiary/aromatic N) is 2. The van der Waals surface area contributed by atoms with Crippen molar-refractivity contribution in [2.75, 3.05) is 50.8 Å². The maximum Gasteiger partial charge on any atom is 0.318 e. The molecular formula is C24H35FN4O3. The molecule has 1 aromatic carbocycles. The van der Waals surface area contributed by atoms with Gasteiger partial charge in [-0.2, -0.15) is 0 Å². The summed E-state index contributed by atoms with van der Waals surface area (Å²) in [6.45, 7) is 4.16. The van der Waals surface area contributed by atoms with E-state index in [0.29, 0.717) is 51.7 Å². The van der Waals surface area contributed by atoms with Crippen molar-refractivity contribution in [3.63, 3.8) is 0 Å². The quantitative estimate of drug-likeness (QED) is 0.676. The number of rotatable bonds is 7. The number of halogens is 1. The van der Waals surface area contributed by atoms with Crippen LogP contribution in [0.25, 0.3) is 0 Å². The van der Waals surface area contributed by atoms with Crippen molar-refractivity contribution in [2.24, 2.45) is 5.92 Å². The van der Waals surface area contributed by atoms with Crippen LogP contribution in [-0.4, -0.2) is 68.8 Å². The Labute approximate surface area is 189 Å². The minimum absolute atomic E-state index is 0.115. The summed E-state index contributed by atoms with van der Waals surface area (Å²) < 4.78 is 18.8. The van der Waals surface area contributed by atoms with E-state index in [0.717, 1.165) is 37.1 Å². The van der Waals surface area contributed by atoms with Gasteiger partial charge in [-0.05, 0) is 42.5 Å². The highest BCUT2D eigenvalue weighted by Gasteiger charge is 2.28. The third kappa shape index (κ3) is 5.91.